The van der Waals surface area contributed by atoms with E-state index in [2.05, 4.69) is 15.4 Å². The molecule has 3 rings (SSSR count). The van der Waals surface area contributed by atoms with Gasteiger partial charge in [0.1, 0.15) is 5.75 Å². The molecule has 0 aliphatic carbocycles. The van der Waals surface area contributed by atoms with Gasteiger partial charge in [0.05, 0.1) is 17.1 Å². The molecule has 0 spiro atoms. The lowest BCUT2D eigenvalue weighted by Crippen LogP contribution is -2.34. The molecule has 9 heteroatoms. The van der Waals surface area contributed by atoms with Crippen molar-refractivity contribution in [2.24, 2.45) is 0 Å². The van der Waals surface area contributed by atoms with Crippen molar-refractivity contribution in [2.45, 2.75) is 24.7 Å². The third-order valence-corrected chi connectivity index (χ3v) is 6.50. The Morgan fingerprint density at radius 2 is 1.62 bits per heavy atom. The average molecular weight is 498 g/mol. The van der Waals surface area contributed by atoms with Gasteiger partial charge in [-0.2, -0.15) is 0 Å². The zero-order valence-electron chi connectivity index (χ0n) is 18.8. The largest absolute Gasteiger partial charge is 0.492 e. The lowest BCUT2D eigenvalue weighted by atomic mass is 10.1. The van der Waals surface area contributed by atoms with Gasteiger partial charge in [-0.15, -0.1) is 0 Å². The Morgan fingerprint density at radius 1 is 0.941 bits per heavy atom. The highest BCUT2D eigenvalue weighted by Crippen LogP contribution is 2.19. The summed E-state index contributed by atoms with van der Waals surface area (Å²) in [6.45, 7) is 2.69. The molecule has 0 fully saturated rings. The molecule has 0 aliphatic rings. The predicted molar refractivity (Wildman–Crippen MR) is 138 cm³/mol. The smallest absolute Gasteiger partial charge is 0.261 e. The molecule has 34 heavy (non-hydrogen) atoms. The topological polar surface area (TPSA) is 96.5 Å². The molecule has 178 valence electrons. The van der Waals surface area contributed by atoms with E-state index in [4.69, 9.17) is 17.0 Å². The number of para-hydroxylation sites is 1. The number of anilines is 1. The van der Waals surface area contributed by atoms with E-state index in [0.29, 0.717) is 36.6 Å². The Hall–Kier alpha value is -3.27. The molecular weight excluding hydrogens is 470 g/mol. The van der Waals surface area contributed by atoms with Gasteiger partial charge in [-0.3, -0.25) is 10.1 Å². The van der Waals surface area contributed by atoms with Crippen LogP contribution in [0.25, 0.3) is 0 Å². The molecule has 0 heterocycles. The molecule has 0 bridgehead atoms. The van der Waals surface area contributed by atoms with Gasteiger partial charge in [0.15, 0.2) is 5.11 Å². The summed E-state index contributed by atoms with van der Waals surface area (Å²) in [5.41, 5.74) is 2.06. The first-order valence-electron chi connectivity index (χ1n) is 10.9. The summed E-state index contributed by atoms with van der Waals surface area (Å²) in [6.07, 6.45) is 1.42. The SMILES string of the molecule is CCCNS(=O)(=O)c1ccc(NC(=S)NC(=O)c2ccccc2OCCc2ccccc2)cc1. The van der Waals surface area contributed by atoms with E-state index < -0.39 is 15.9 Å². The maximum atomic E-state index is 12.8. The fourth-order valence-electron chi connectivity index (χ4n) is 3.07. The number of carbonyl (C=O) groups is 1. The molecule has 1 amide bonds. The minimum atomic E-state index is -3.55. The number of sulfonamides is 1. The van der Waals surface area contributed by atoms with Crippen molar-refractivity contribution in [2.75, 3.05) is 18.5 Å². The van der Waals surface area contributed by atoms with Gasteiger partial charge in [-0.1, -0.05) is 49.4 Å². The van der Waals surface area contributed by atoms with Crippen molar-refractivity contribution in [1.29, 1.82) is 0 Å². The van der Waals surface area contributed by atoms with Gasteiger partial charge < -0.3 is 10.1 Å². The van der Waals surface area contributed by atoms with Gasteiger partial charge >= 0.3 is 0 Å². The van der Waals surface area contributed by atoms with Gasteiger partial charge in [-0.25, -0.2) is 13.1 Å². The van der Waals surface area contributed by atoms with E-state index in [1.807, 2.05) is 37.3 Å². The Kier molecular flexibility index (Phi) is 9.15. The number of amides is 1. The quantitative estimate of drug-likeness (QED) is 0.365. The van der Waals surface area contributed by atoms with Gasteiger partial charge in [-0.05, 0) is 60.6 Å². The molecule has 3 aromatic rings. The maximum absolute atomic E-state index is 12.8. The zero-order chi connectivity index (χ0) is 24.4. The van der Waals surface area contributed by atoms with Crippen molar-refractivity contribution in [1.82, 2.24) is 10.0 Å². The van der Waals surface area contributed by atoms with Crippen molar-refractivity contribution < 1.29 is 17.9 Å². The van der Waals surface area contributed by atoms with Crippen molar-refractivity contribution >= 4 is 38.9 Å². The van der Waals surface area contributed by atoms with E-state index in [0.717, 1.165) is 12.0 Å². The van der Waals surface area contributed by atoms with E-state index >= 15 is 0 Å². The summed E-state index contributed by atoms with van der Waals surface area (Å²) in [5.74, 6) is 0.0589. The van der Waals surface area contributed by atoms with Gasteiger partial charge in [0.2, 0.25) is 10.0 Å². The van der Waals surface area contributed by atoms with Crippen LogP contribution in [0.1, 0.15) is 29.3 Å². The van der Waals surface area contributed by atoms with Crippen LogP contribution in [0.2, 0.25) is 0 Å². The molecule has 0 saturated heterocycles. The molecule has 3 N–H and O–H groups in total. The summed E-state index contributed by atoms with van der Waals surface area (Å²) < 4.78 is 32.7. The number of thiocarbonyl (C=S) groups is 1. The lowest BCUT2D eigenvalue weighted by molar-refractivity contribution is 0.0974. The predicted octanol–water partition coefficient (Wildman–Crippen LogP) is 4.12. The first kappa shape index (κ1) is 25.4. The van der Waals surface area contributed by atoms with Crippen LogP contribution in [-0.4, -0.2) is 32.6 Å². The van der Waals surface area contributed by atoms with Crippen LogP contribution in [-0.2, 0) is 16.4 Å². The Labute approximate surface area is 205 Å². The lowest BCUT2D eigenvalue weighted by Gasteiger charge is -2.13. The summed E-state index contributed by atoms with van der Waals surface area (Å²) in [7, 11) is -3.55. The molecule has 0 unspecified atom stereocenters. The Balaban J connectivity index is 1.57. The molecule has 7 nitrogen and oxygen atoms in total. The standard InChI is InChI=1S/C25H27N3O4S2/c1-2-17-26-34(30,31)21-14-12-20(13-15-21)27-25(33)28-24(29)22-10-6-7-11-23(22)32-18-16-19-8-4-3-5-9-19/h3-15,26H,2,16-18H2,1H3,(H2,27,28,29,33). The first-order chi connectivity index (χ1) is 16.4. The highest BCUT2D eigenvalue weighted by molar-refractivity contribution is 7.89. The van der Waals surface area contributed by atoms with E-state index in [1.54, 1.807) is 36.4 Å². The number of carbonyl (C=O) groups excluding carboxylic acids is 1. The van der Waals surface area contributed by atoms with Crippen LogP contribution >= 0.6 is 12.2 Å². The maximum Gasteiger partial charge on any atom is 0.261 e. The number of hydrogen-bond donors (Lipinski definition) is 3. The molecule has 0 atom stereocenters. The summed E-state index contributed by atoms with van der Waals surface area (Å²) in [4.78, 5) is 12.9. The normalized spacial score (nSPS) is 11.0. The van der Waals surface area contributed by atoms with Crippen LogP contribution in [0.5, 0.6) is 5.75 Å². The monoisotopic (exact) mass is 497 g/mol. The fraction of sp³-hybridized carbons (Fsp3) is 0.200. The second-order valence-electron chi connectivity index (χ2n) is 7.41. The third-order valence-electron chi connectivity index (χ3n) is 4.81. The van der Waals surface area contributed by atoms with E-state index in [1.165, 1.54) is 12.1 Å². The first-order valence-corrected chi connectivity index (χ1v) is 12.8. The summed E-state index contributed by atoms with van der Waals surface area (Å²) >= 11 is 5.26. The average Bonchev–Trinajstić information content (AvgIpc) is 2.84. The summed E-state index contributed by atoms with van der Waals surface area (Å²) in [6, 6.07) is 23.0. The van der Waals surface area contributed by atoms with Gasteiger partial charge in [0, 0.05) is 18.7 Å². The Bertz CT molecular complexity index is 1210. The second-order valence-corrected chi connectivity index (χ2v) is 9.59. The number of ether oxygens (including phenoxy) is 1. The minimum absolute atomic E-state index is 0.0869. The molecule has 0 radical (unpaired) electrons. The highest BCUT2D eigenvalue weighted by atomic mass is 32.2. The minimum Gasteiger partial charge on any atom is -0.492 e. The number of rotatable bonds is 10. The zero-order valence-corrected chi connectivity index (χ0v) is 20.4. The van der Waals surface area contributed by atoms with Crippen LogP contribution in [0.4, 0.5) is 5.69 Å². The fourth-order valence-corrected chi connectivity index (χ4v) is 4.42. The molecule has 0 aromatic heterocycles. The van der Waals surface area contributed by atoms with E-state index in [9.17, 15) is 13.2 Å². The highest BCUT2D eigenvalue weighted by Gasteiger charge is 2.15. The third kappa shape index (κ3) is 7.38. The van der Waals surface area contributed by atoms with Crippen molar-refractivity contribution in [3.63, 3.8) is 0 Å². The van der Waals surface area contributed by atoms with Crippen LogP contribution in [0.15, 0.2) is 83.8 Å². The van der Waals surface area contributed by atoms with Crippen LogP contribution < -0.4 is 20.1 Å². The van der Waals surface area contributed by atoms with Crippen LogP contribution in [0.3, 0.4) is 0 Å². The summed E-state index contributed by atoms with van der Waals surface area (Å²) in [5, 5.41) is 5.62. The van der Waals surface area contributed by atoms with Gasteiger partial charge in [0.25, 0.3) is 5.91 Å². The van der Waals surface area contributed by atoms with Crippen molar-refractivity contribution in [3.05, 3.63) is 90.0 Å². The molecular formula is C25H27N3O4S2. The number of hydrogen-bond acceptors (Lipinski definition) is 5. The Morgan fingerprint density at radius 3 is 2.32 bits per heavy atom. The van der Waals surface area contributed by atoms with E-state index in [-0.39, 0.29) is 10.0 Å². The molecule has 0 aliphatic heterocycles. The molecule has 3 aromatic carbocycles. The number of nitrogens with one attached hydrogen (secondary N) is 3. The molecule has 0 saturated carbocycles. The van der Waals surface area contributed by atoms with Crippen LogP contribution in [0, 0.1) is 0 Å². The van der Waals surface area contributed by atoms with Crippen molar-refractivity contribution in [3.8, 4) is 5.75 Å². The number of benzene rings is 3. The second kappa shape index (κ2) is 12.3.